The molecule has 1 aromatic carbocycles. The normalized spacial score (nSPS) is 10.0. The van der Waals surface area contributed by atoms with Gasteiger partial charge >= 0.3 is 5.97 Å². The third kappa shape index (κ3) is 5.27. The highest BCUT2D eigenvalue weighted by Gasteiger charge is 2.11. The zero-order valence-electron chi connectivity index (χ0n) is 10.4. The van der Waals surface area contributed by atoms with E-state index in [4.69, 9.17) is 15.2 Å². The van der Waals surface area contributed by atoms with Gasteiger partial charge in [-0.2, -0.15) is 0 Å². The van der Waals surface area contributed by atoms with Gasteiger partial charge in [-0.3, -0.25) is 4.79 Å². The largest absolute Gasteiger partial charge is 0.452 e. The lowest BCUT2D eigenvalue weighted by Gasteiger charge is -2.07. The van der Waals surface area contributed by atoms with Crippen LogP contribution < -0.4 is 11.1 Å². The molecule has 0 aliphatic heterocycles. The maximum atomic E-state index is 11.6. The lowest BCUT2D eigenvalue weighted by Crippen LogP contribution is -2.31. The summed E-state index contributed by atoms with van der Waals surface area (Å²) in [6.07, 6.45) is 0. The monoisotopic (exact) mass is 330 g/mol. The molecule has 6 nitrogen and oxygen atoms in total. The second-order valence-corrected chi connectivity index (χ2v) is 4.51. The Balaban J connectivity index is 2.42. The van der Waals surface area contributed by atoms with E-state index < -0.39 is 5.97 Å². The third-order valence-corrected chi connectivity index (χ3v) is 2.92. The first-order chi connectivity index (χ1) is 9.04. The molecular weight excluding hydrogens is 316 g/mol. The van der Waals surface area contributed by atoms with Crippen molar-refractivity contribution >= 4 is 33.5 Å². The van der Waals surface area contributed by atoms with Gasteiger partial charge in [0, 0.05) is 23.8 Å². The number of esters is 1. The molecule has 3 N–H and O–H groups in total. The summed E-state index contributed by atoms with van der Waals surface area (Å²) in [6.45, 7) is 0.444. The quantitative estimate of drug-likeness (QED) is 0.460. The Morgan fingerprint density at radius 2 is 2.16 bits per heavy atom. The van der Waals surface area contributed by atoms with Crippen molar-refractivity contribution in [2.45, 2.75) is 0 Å². The van der Waals surface area contributed by atoms with E-state index in [1.807, 2.05) is 0 Å². The van der Waals surface area contributed by atoms with E-state index >= 15 is 0 Å². The van der Waals surface area contributed by atoms with Gasteiger partial charge in [-0.05, 0) is 34.1 Å². The van der Waals surface area contributed by atoms with Crippen molar-refractivity contribution in [2.24, 2.45) is 0 Å². The molecule has 0 saturated heterocycles. The van der Waals surface area contributed by atoms with Crippen LogP contribution in [0.15, 0.2) is 22.7 Å². The second-order valence-electron chi connectivity index (χ2n) is 3.66. The number of rotatable bonds is 6. The van der Waals surface area contributed by atoms with E-state index in [9.17, 15) is 9.59 Å². The molecule has 0 bridgehead atoms. The number of nitrogens with two attached hydrogens (primary N) is 1. The number of nitrogens with one attached hydrogen (secondary N) is 1. The highest BCUT2D eigenvalue weighted by Crippen LogP contribution is 2.20. The van der Waals surface area contributed by atoms with Gasteiger partial charge in [-0.25, -0.2) is 4.79 Å². The molecule has 0 spiro atoms. The smallest absolute Gasteiger partial charge is 0.338 e. The predicted octanol–water partition coefficient (Wildman–Crippen LogP) is 0.951. The van der Waals surface area contributed by atoms with Crippen LogP contribution in [0.4, 0.5) is 5.69 Å². The minimum atomic E-state index is -0.596. The van der Waals surface area contributed by atoms with Gasteiger partial charge in [0.2, 0.25) is 0 Å². The molecule has 1 rings (SSSR count). The Hall–Kier alpha value is -1.60. The zero-order valence-corrected chi connectivity index (χ0v) is 12.0. The molecule has 1 amide bonds. The summed E-state index contributed by atoms with van der Waals surface area (Å²) in [7, 11) is 1.53. The van der Waals surface area contributed by atoms with E-state index in [2.05, 4.69) is 21.2 Å². The summed E-state index contributed by atoms with van der Waals surface area (Å²) in [5, 5.41) is 2.54. The van der Waals surface area contributed by atoms with Crippen molar-refractivity contribution in [3.63, 3.8) is 0 Å². The van der Waals surface area contributed by atoms with Crippen molar-refractivity contribution in [2.75, 3.05) is 32.6 Å². The highest BCUT2D eigenvalue weighted by molar-refractivity contribution is 9.10. The summed E-state index contributed by atoms with van der Waals surface area (Å²) >= 11 is 3.22. The van der Waals surface area contributed by atoms with Crippen LogP contribution in [0.25, 0.3) is 0 Å². The fourth-order valence-corrected chi connectivity index (χ4v) is 1.48. The Labute approximate surface area is 119 Å². The number of anilines is 1. The van der Waals surface area contributed by atoms with Crippen molar-refractivity contribution in [3.05, 3.63) is 28.2 Å². The van der Waals surface area contributed by atoms with Gasteiger partial charge in [0.05, 0.1) is 12.2 Å². The number of carbonyl (C=O) groups excluding carboxylic acids is 2. The lowest BCUT2D eigenvalue weighted by molar-refractivity contribution is -0.124. The first-order valence-electron chi connectivity index (χ1n) is 5.52. The van der Waals surface area contributed by atoms with Crippen LogP contribution in [0.2, 0.25) is 0 Å². The Bertz CT molecular complexity index is 465. The highest BCUT2D eigenvalue weighted by atomic mass is 79.9. The zero-order chi connectivity index (χ0) is 14.3. The molecule has 104 valence electrons. The Kier molecular flexibility index (Phi) is 6.31. The first-order valence-corrected chi connectivity index (χ1v) is 6.31. The summed E-state index contributed by atoms with van der Waals surface area (Å²) in [5.74, 6) is -0.975. The van der Waals surface area contributed by atoms with Crippen LogP contribution in [0.5, 0.6) is 0 Å². The number of hydrogen-bond donors (Lipinski definition) is 2. The summed E-state index contributed by atoms with van der Waals surface area (Å²) in [4.78, 5) is 22.9. The minimum Gasteiger partial charge on any atom is -0.452 e. The van der Waals surface area contributed by atoms with Gasteiger partial charge in [0.25, 0.3) is 5.91 Å². The van der Waals surface area contributed by atoms with Gasteiger partial charge < -0.3 is 20.5 Å². The van der Waals surface area contributed by atoms with E-state index in [0.29, 0.717) is 28.9 Å². The van der Waals surface area contributed by atoms with Gasteiger partial charge in [0.15, 0.2) is 6.61 Å². The second kappa shape index (κ2) is 7.75. The van der Waals surface area contributed by atoms with Crippen LogP contribution in [-0.4, -0.2) is 38.7 Å². The topological polar surface area (TPSA) is 90.6 Å². The standard InChI is InChI=1S/C12H15BrN2O4/c1-18-5-4-15-11(16)7-19-12(17)8-2-3-9(13)10(14)6-8/h2-3,6H,4-5,7,14H2,1H3,(H,15,16). The van der Waals surface area contributed by atoms with Crippen molar-refractivity contribution in [3.8, 4) is 0 Å². The fourth-order valence-electron chi connectivity index (χ4n) is 1.23. The summed E-state index contributed by atoms with van der Waals surface area (Å²) < 4.78 is 10.3. The van der Waals surface area contributed by atoms with Crippen LogP contribution in [-0.2, 0) is 14.3 Å². The first kappa shape index (κ1) is 15.5. The minimum absolute atomic E-state index is 0.297. The molecule has 0 aliphatic carbocycles. The van der Waals surface area contributed by atoms with E-state index in [1.165, 1.54) is 13.2 Å². The average molecular weight is 331 g/mol. The molecule has 7 heteroatoms. The molecule has 0 aromatic heterocycles. The molecular formula is C12H15BrN2O4. The van der Waals surface area contributed by atoms with Crippen LogP contribution in [0, 0.1) is 0 Å². The Morgan fingerprint density at radius 3 is 2.79 bits per heavy atom. The van der Waals surface area contributed by atoms with Gasteiger partial charge in [-0.1, -0.05) is 0 Å². The number of halogens is 1. The molecule has 19 heavy (non-hydrogen) atoms. The number of nitrogen functional groups attached to an aromatic ring is 1. The Morgan fingerprint density at radius 1 is 1.42 bits per heavy atom. The summed E-state index contributed by atoms with van der Waals surface area (Å²) in [6, 6.07) is 4.69. The van der Waals surface area contributed by atoms with Gasteiger partial charge in [-0.15, -0.1) is 0 Å². The molecule has 0 fully saturated rings. The maximum Gasteiger partial charge on any atom is 0.338 e. The number of ether oxygens (including phenoxy) is 2. The number of methoxy groups -OCH3 is 1. The van der Waals surface area contributed by atoms with Crippen LogP contribution >= 0.6 is 15.9 Å². The maximum absolute atomic E-state index is 11.6. The summed E-state index contributed by atoms with van der Waals surface area (Å²) in [5.41, 5.74) is 6.37. The molecule has 1 aromatic rings. The molecule has 0 unspecified atom stereocenters. The fraction of sp³-hybridized carbons (Fsp3) is 0.333. The molecule has 0 heterocycles. The number of hydrogen-bond acceptors (Lipinski definition) is 5. The number of amides is 1. The SMILES string of the molecule is COCCNC(=O)COC(=O)c1ccc(Br)c(N)c1. The molecule has 0 atom stereocenters. The molecule has 0 saturated carbocycles. The lowest BCUT2D eigenvalue weighted by atomic mass is 10.2. The molecule has 0 aliphatic rings. The molecule has 0 radical (unpaired) electrons. The predicted molar refractivity (Wildman–Crippen MR) is 73.7 cm³/mol. The average Bonchev–Trinajstić information content (AvgIpc) is 2.39. The van der Waals surface area contributed by atoms with Crippen LogP contribution in [0.3, 0.4) is 0 Å². The van der Waals surface area contributed by atoms with Crippen LogP contribution in [0.1, 0.15) is 10.4 Å². The third-order valence-electron chi connectivity index (χ3n) is 2.19. The van der Waals surface area contributed by atoms with E-state index in [0.717, 1.165) is 0 Å². The number of benzene rings is 1. The van der Waals surface area contributed by atoms with E-state index in [1.54, 1.807) is 12.1 Å². The van der Waals surface area contributed by atoms with E-state index in [-0.39, 0.29) is 12.5 Å². The van der Waals surface area contributed by atoms with Gasteiger partial charge in [0.1, 0.15) is 0 Å². The number of carbonyl (C=O) groups is 2. The van der Waals surface area contributed by atoms with Crippen molar-refractivity contribution in [1.29, 1.82) is 0 Å². The van der Waals surface area contributed by atoms with Crippen molar-refractivity contribution in [1.82, 2.24) is 5.32 Å². The van der Waals surface area contributed by atoms with Crippen molar-refractivity contribution < 1.29 is 19.1 Å².